The Kier molecular flexibility index (Phi) is 6.16. The molecule has 2 aromatic carbocycles. The van der Waals surface area contributed by atoms with Gasteiger partial charge < -0.3 is 9.62 Å². The predicted molar refractivity (Wildman–Crippen MR) is 126 cm³/mol. The minimum absolute atomic E-state index is 0.00455. The monoisotopic (exact) mass is 497 g/mol. The van der Waals surface area contributed by atoms with E-state index < -0.39 is 21.2 Å². The van der Waals surface area contributed by atoms with Crippen molar-refractivity contribution < 1.29 is 22.4 Å². The second kappa shape index (κ2) is 8.92. The molecular formula is C24H20ClN3O5S. The lowest BCUT2D eigenvalue weighted by atomic mass is 9.84. The van der Waals surface area contributed by atoms with Crippen molar-refractivity contribution in [1.29, 1.82) is 0 Å². The van der Waals surface area contributed by atoms with E-state index in [1.165, 1.54) is 54.9 Å². The lowest BCUT2D eigenvalue weighted by Gasteiger charge is -2.21. The standard InChI is InChI=1S/C24H20ClN3O5S/c1-24(2,23-26-11-13-33-23)17-5-8-19(9-6-17)34(31,32)27-21-10-7-18(25)14-20(21)22(29)16-4-3-12-28(30)15-16/h3-15,27H,1-2H3. The van der Waals surface area contributed by atoms with E-state index in [0.29, 0.717) is 10.6 Å². The maximum Gasteiger partial charge on any atom is 0.261 e. The Morgan fingerprint density at radius 3 is 2.53 bits per heavy atom. The Balaban J connectivity index is 1.65. The van der Waals surface area contributed by atoms with Gasteiger partial charge in [-0.05, 0) is 55.8 Å². The van der Waals surface area contributed by atoms with Crippen LogP contribution in [0.2, 0.25) is 5.02 Å². The van der Waals surface area contributed by atoms with Crippen molar-refractivity contribution >= 4 is 33.1 Å². The fourth-order valence-corrected chi connectivity index (χ4v) is 4.70. The zero-order valence-corrected chi connectivity index (χ0v) is 19.8. The highest BCUT2D eigenvalue weighted by Gasteiger charge is 2.28. The molecule has 0 amide bonds. The molecule has 2 heterocycles. The van der Waals surface area contributed by atoms with Crippen molar-refractivity contribution in [1.82, 2.24) is 4.98 Å². The first-order valence-electron chi connectivity index (χ1n) is 10.1. The van der Waals surface area contributed by atoms with Crippen molar-refractivity contribution in [3.63, 3.8) is 0 Å². The number of hydrogen-bond acceptors (Lipinski definition) is 6. The van der Waals surface area contributed by atoms with Crippen LogP contribution in [0.25, 0.3) is 0 Å². The molecule has 0 unspecified atom stereocenters. The molecule has 0 fully saturated rings. The van der Waals surface area contributed by atoms with E-state index in [0.717, 1.165) is 11.8 Å². The van der Waals surface area contributed by atoms with E-state index in [9.17, 15) is 18.4 Å². The number of halogens is 1. The Morgan fingerprint density at radius 2 is 1.88 bits per heavy atom. The molecule has 0 aliphatic carbocycles. The molecule has 0 aliphatic heterocycles. The minimum Gasteiger partial charge on any atom is -0.619 e. The van der Waals surface area contributed by atoms with Gasteiger partial charge in [0.25, 0.3) is 10.0 Å². The first-order chi connectivity index (χ1) is 16.1. The third-order valence-corrected chi connectivity index (χ3v) is 6.98. The highest BCUT2D eigenvalue weighted by atomic mass is 35.5. The van der Waals surface area contributed by atoms with Crippen LogP contribution in [0.5, 0.6) is 0 Å². The van der Waals surface area contributed by atoms with Crippen LogP contribution in [0, 0.1) is 5.21 Å². The largest absolute Gasteiger partial charge is 0.619 e. The van der Waals surface area contributed by atoms with Crippen molar-refractivity contribution in [2.75, 3.05) is 4.72 Å². The fourth-order valence-electron chi connectivity index (χ4n) is 3.45. The first-order valence-corrected chi connectivity index (χ1v) is 12.0. The summed E-state index contributed by atoms with van der Waals surface area (Å²) in [6.07, 6.45) is 5.38. The van der Waals surface area contributed by atoms with Crippen LogP contribution in [0.4, 0.5) is 5.69 Å². The quantitative estimate of drug-likeness (QED) is 0.231. The number of pyridine rings is 1. The predicted octanol–water partition coefficient (Wildman–Crippen LogP) is 4.32. The molecule has 10 heteroatoms. The smallest absolute Gasteiger partial charge is 0.261 e. The summed E-state index contributed by atoms with van der Waals surface area (Å²) in [7, 11) is -4.04. The Bertz CT molecular complexity index is 1450. The highest BCUT2D eigenvalue weighted by molar-refractivity contribution is 7.92. The summed E-state index contributed by atoms with van der Waals surface area (Å²) in [5.74, 6) is -0.0423. The van der Waals surface area contributed by atoms with E-state index in [1.807, 2.05) is 13.8 Å². The molecule has 2 aromatic heterocycles. The van der Waals surface area contributed by atoms with Crippen molar-refractivity contribution in [2.24, 2.45) is 0 Å². The van der Waals surface area contributed by atoms with Crippen LogP contribution < -0.4 is 9.45 Å². The lowest BCUT2D eigenvalue weighted by molar-refractivity contribution is -0.605. The number of carbonyl (C=O) groups is 1. The Morgan fingerprint density at radius 1 is 1.15 bits per heavy atom. The molecule has 174 valence electrons. The molecule has 0 bridgehead atoms. The molecule has 4 aromatic rings. The van der Waals surface area contributed by atoms with Gasteiger partial charge in [-0.15, -0.1) is 0 Å². The molecule has 0 radical (unpaired) electrons. The summed E-state index contributed by atoms with van der Waals surface area (Å²) in [5.41, 5.74) is 0.400. The van der Waals surface area contributed by atoms with Crippen LogP contribution in [-0.4, -0.2) is 19.2 Å². The summed E-state index contributed by atoms with van der Waals surface area (Å²) >= 11 is 6.06. The van der Waals surface area contributed by atoms with Crippen molar-refractivity contribution in [2.45, 2.75) is 24.2 Å². The van der Waals surface area contributed by atoms with Crippen LogP contribution >= 0.6 is 11.6 Å². The van der Waals surface area contributed by atoms with E-state index in [-0.39, 0.29) is 26.7 Å². The number of anilines is 1. The van der Waals surface area contributed by atoms with Crippen LogP contribution in [0.15, 0.2) is 88.8 Å². The molecule has 0 saturated carbocycles. The summed E-state index contributed by atoms with van der Waals surface area (Å²) in [5, 5.41) is 11.8. The molecule has 0 saturated heterocycles. The molecule has 8 nitrogen and oxygen atoms in total. The lowest BCUT2D eigenvalue weighted by Crippen LogP contribution is -2.26. The number of oxazole rings is 1. The second-order valence-corrected chi connectivity index (χ2v) is 10.2. The Labute approximate surface area is 201 Å². The topological polar surface area (TPSA) is 116 Å². The molecule has 0 aliphatic rings. The number of nitrogens with zero attached hydrogens (tertiary/aromatic N) is 2. The average Bonchev–Trinajstić information content (AvgIpc) is 3.36. The summed E-state index contributed by atoms with van der Waals surface area (Å²) in [6, 6.07) is 13.4. The van der Waals surface area contributed by atoms with E-state index in [1.54, 1.807) is 18.3 Å². The molecule has 34 heavy (non-hydrogen) atoms. The van der Waals surface area contributed by atoms with Gasteiger partial charge in [0.15, 0.2) is 12.4 Å². The van der Waals surface area contributed by atoms with Gasteiger partial charge in [-0.25, -0.2) is 13.4 Å². The van der Waals surface area contributed by atoms with E-state index in [4.69, 9.17) is 16.0 Å². The number of ketones is 1. The minimum atomic E-state index is -4.04. The van der Waals surface area contributed by atoms with Crippen LogP contribution in [0.3, 0.4) is 0 Å². The van der Waals surface area contributed by atoms with E-state index in [2.05, 4.69) is 9.71 Å². The first kappa shape index (κ1) is 23.5. The molecule has 0 spiro atoms. The zero-order valence-electron chi connectivity index (χ0n) is 18.2. The maximum absolute atomic E-state index is 13.1. The number of hydrogen-bond donors (Lipinski definition) is 1. The third kappa shape index (κ3) is 4.66. The SMILES string of the molecule is CC(C)(c1ccc(S(=O)(=O)Nc2ccc(Cl)cc2C(=O)c2ccc[n+]([O-])c2)cc1)c1ncco1. The normalized spacial score (nSPS) is 11.9. The van der Waals surface area contributed by atoms with Gasteiger partial charge in [-0.1, -0.05) is 23.7 Å². The average molecular weight is 498 g/mol. The van der Waals surface area contributed by atoms with Crippen molar-refractivity contribution in [3.05, 3.63) is 112 Å². The number of rotatable bonds is 7. The van der Waals surface area contributed by atoms with Gasteiger partial charge in [0, 0.05) is 16.7 Å². The maximum atomic E-state index is 13.1. The Hall–Kier alpha value is -3.69. The number of sulfonamides is 1. The van der Waals surface area contributed by atoms with Gasteiger partial charge in [-0.2, -0.15) is 4.73 Å². The highest BCUT2D eigenvalue weighted by Crippen LogP contribution is 2.31. The third-order valence-electron chi connectivity index (χ3n) is 5.36. The van der Waals surface area contributed by atoms with E-state index >= 15 is 0 Å². The molecule has 0 atom stereocenters. The fraction of sp³-hybridized carbons (Fsp3) is 0.125. The molecule has 4 rings (SSSR count). The summed E-state index contributed by atoms with van der Waals surface area (Å²) in [4.78, 5) is 17.2. The van der Waals surface area contributed by atoms with Gasteiger partial charge >= 0.3 is 0 Å². The number of carbonyl (C=O) groups excluding carboxylic acids is 1. The van der Waals surface area contributed by atoms with Gasteiger partial charge in [0.1, 0.15) is 6.26 Å². The van der Waals surface area contributed by atoms with Crippen LogP contribution in [0.1, 0.15) is 41.2 Å². The van der Waals surface area contributed by atoms with Gasteiger partial charge in [0.05, 0.1) is 27.8 Å². The number of aromatic nitrogens is 2. The zero-order chi connectivity index (χ0) is 24.5. The van der Waals surface area contributed by atoms with Gasteiger partial charge in [-0.3, -0.25) is 9.52 Å². The van der Waals surface area contributed by atoms with Gasteiger partial charge in [0.2, 0.25) is 11.7 Å². The second-order valence-electron chi connectivity index (χ2n) is 8.06. The number of nitrogens with one attached hydrogen (secondary N) is 1. The van der Waals surface area contributed by atoms with Crippen molar-refractivity contribution in [3.8, 4) is 0 Å². The summed E-state index contributed by atoms with van der Waals surface area (Å²) < 4.78 is 34.6. The number of benzene rings is 2. The molecular weight excluding hydrogens is 478 g/mol. The molecule has 1 N–H and O–H groups in total. The van der Waals surface area contributed by atoms with Crippen LogP contribution in [-0.2, 0) is 15.4 Å². The summed E-state index contributed by atoms with van der Waals surface area (Å²) in [6.45, 7) is 3.84.